The third kappa shape index (κ3) is 3.74. The van der Waals surface area contributed by atoms with Gasteiger partial charge in [-0.2, -0.15) is 11.8 Å². The number of aromatic nitrogens is 1. The Balaban J connectivity index is 2.82. The van der Waals surface area contributed by atoms with Gasteiger partial charge in [0.05, 0.1) is 11.5 Å². The van der Waals surface area contributed by atoms with Gasteiger partial charge in [0, 0.05) is 30.7 Å². The average Bonchev–Trinajstić information content (AvgIpc) is 2.68. The molecule has 0 aliphatic carbocycles. The van der Waals surface area contributed by atoms with Gasteiger partial charge in [-0.1, -0.05) is 6.92 Å². The fourth-order valence-electron chi connectivity index (χ4n) is 1.27. The van der Waals surface area contributed by atoms with Crippen LogP contribution in [-0.4, -0.2) is 36.1 Å². The summed E-state index contributed by atoms with van der Waals surface area (Å²) in [5.41, 5.74) is 0.572. The minimum atomic E-state index is -3.47. The Morgan fingerprint density at radius 1 is 1.59 bits per heavy atom. The van der Waals surface area contributed by atoms with Gasteiger partial charge < -0.3 is 9.67 Å². The molecule has 0 aliphatic rings. The van der Waals surface area contributed by atoms with Gasteiger partial charge in [0.1, 0.15) is 0 Å². The van der Waals surface area contributed by atoms with E-state index in [-0.39, 0.29) is 16.8 Å². The van der Waals surface area contributed by atoms with E-state index in [2.05, 4.69) is 4.72 Å². The number of hydrogen-bond donors (Lipinski definition) is 2. The number of rotatable bonds is 6. The first-order valence-electron chi connectivity index (χ1n) is 5.19. The number of thioether (sulfide) groups is 1. The summed E-state index contributed by atoms with van der Waals surface area (Å²) < 4.78 is 28.0. The Morgan fingerprint density at radius 3 is 2.71 bits per heavy atom. The minimum Gasteiger partial charge on any atom is -0.390 e. The van der Waals surface area contributed by atoms with Crippen molar-refractivity contribution in [3.05, 3.63) is 18.0 Å². The molecule has 1 atom stereocenters. The third-order valence-electron chi connectivity index (χ3n) is 2.52. The topological polar surface area (TPSA) is 71.3 Å². The summed E-state index contributed by atoms with van der Waals surface area (Å²) in [4.78, 5) is 0.192. The predicted molar refractivity (Wildman–Crippen MR) is 69.5 cm³/mol. The lowest BCUT2D eigenvalue weighted by Gasteiger charge is -2.09. The Morgan fingerprint density at radius 2 is 2.24 bits per heavy atom. The van der Waals surface area contributed by atoms with E-state index < -0.39 is 10.0 Å². The van der Waals surface area contributed by atoms with Crippen molar-refractivity contribution in [2.45, 2.75) is 23.7 Å². The first-order valence-corrected chi connectivity index (χ1v) is 7.96. The van der Waals surface area contributed by atoms with Crippen LogP contribution in [0.5, 0.6) is 0 Å². The van der Waals surface area contributed by atoms with Crippen molar-refractivity contribution in [1.82, 2.24) is 9.29 Å². The predicted octanol–water partition coefficient (Wildman–Crippen LogP) is 0.547. The van der Waals surface area contributed by atoms with Crippen LogP contribution in [0.15, 0.2) is 17.2 Å². The van der Waals surface area contributed by atoms with E-state index in [0.29, 0.717) is 12.2 Å². The molecule has 0 aliphatic heterocycles. The van der Waals surface area contributed by atoms with Gasteiger partial charge >= 0.3 is 0 Å². The molecule has 0 spiro atoms. The van der Waals surface area contributed by atoms with Gasteiger partial charge in [0.25, 0.3) is 0 Å². The molecule has 2 N–H and O–H groups in total. The lowest BCUT2D eigenvalue weighted by molar-refractivity contribution is 0.272. The number of nitrogens with zero attached hydrogens (tertiary/aromatic N) is 1. The largest absolute Gasteiger partial charge is 0.390 e. The van der Waals surface area contributed by atoms with Crippen molar-refractivity contribution in [3.63, 3.8) is 0 Å². The summed E-state index contributed by atoms with van der Waals surface area (Å²) in [6.45, 7) is 2.18. The highest BCUT2D eigenvalue weighted by Gasteiger charge is 2.17. The number of aliphatic hydroxyl groups excluding tert-OH is 1. The Bertz CT molecular complexity index is 468. The molecule has 1 rings (SSSR count). The van der Waals surface area contributed by atoms with Gasteiger partial charge in [0.15, 0.2) is 0 Å². The normalized spacial score (nSPS) is 13.9. The third-order valence-corrected chi connectivity index (χ3v) is 4.88. The molecule has 1 aromatic heterocycles. The number of aliphatic hydroxyl groups is 1. The SMILES string of the molecule is CSC(C)CNS(=O)(=O)c1cc(CO)n(C)c1. The molecule has 5 nitrogen and oxygen atoms in total. The summed E-state index contributed by atoms with van der Waals surface area (Å²) in [6.07, 6.45) is 3.43. The van der Waals surface area contributed by atoms with Crippen LogP contribution in [0.2, 0.25) is 0 Å². The average molecular weight is 278 g/mol. The highest BCUT2D eigenvalue weighted by atomic mass is 32.2. The van der Waals surface area contributed by atoms with E-state index in [0.717, 1.165) is 0 Å². The maximum Gasteiger partial charge on any atom is 0.242 e. The first kappa shape index (κ1) is 14.6. The summed E-state index contributed by atoms with van der Waals surface area (Å²) in [6, 6.07) is 1.48. The zero-order valence-electron chi connectivity index (χ0n) is 10.2. The lowest BCUT2D eigenvalue weighted by atomic mass is 10.5. The van der Waals surface area contributed by atoms with E-state index in [4.69, 9.17) is 5.11 Å². The van der Waals surface area contributed by atoms with Crippen molar-refractivity contribution in [2.75, 3.05) is 12.8 Å². The van der Waals surface area contributed by atoms with Gasteiger partial charge in [0.2, 0.25) is 10.0 Å². The molecule has 0 saturated carbocycles. The Kier molecular flexibility index (Phi) is 5.05. The summed E-state index contributed by atoms with van der Waals surface area (Å²) in [5, 5.41) is 9.24. The van der Waals surface area contributed by atoms with Crippen LogP contribution in [0, 0.1) is 0 Å². The lowest BCUT2D eigenvalue weighted by Crippen LogP contribution is -2.29. The Hall–Kier alpha value is -0.500. The maximum atomic E-state index is 11.9. The van der Waals surface area contributed by atoms with E-state index in [1.54, 1.807) is 23.4 Å². The van der Waals surface area contributed by atoms with E-state index in [1.807, 2.05) is 13.2 Å². The number of hydrogen-bond acceptors (Lipinski definition) is 4. The molecular weight excluding hydrogens is 260 g/mol. The molecule has 0 aromatic carbocycles. The van der Waals surface area contributed by atoms with Crippen LogP contribution in [0.3, 0.4) is 0 Å². The maximum absolute atomic E-state index is 11.9. The molecule has 0 bridgehead atoms. The molecule has 1 heterocycles. The number of aryl methyl sites for hydroxylation is 1. The monoisotopic (exact) mass is 278 g/mol. The van der Waals surface area contributed by atoms with Crippen molar-refractivity contribution < 1.29 is 13.5 Å². The highest BCUT2D eigenvalue weighted by Crippen LogP contribution is 2.14. The molecular formula is C10H18N2O3S2. The molecule has 17 heavy (non-hydrogen) atoms. The van der Waals surface area contributed by atoms with E-state index in [1.165, 1.54) is 12.3 Å². The fraction of sp³-hybridized carbons (Fsp3) is 0.600. The van der Waals surface area contributed by atoms with E-state index >= 15 is 0 Å². The molecule has 0 fully saturated rings. The standard InChI is InChI=1S/C10H18N2O3S2/c1-8(16-3)5-11-17(14,15)10-4-9(7-13)12(2)6-10/h4,6,8,11,13H,5,7H2,1-3H3. The van der Waals surface area contributed by atoms with Crippen LogP contribution < -0.4 is 4.72 Å². The molecule has 0 radical (unpaired) electrons. The quantitative estimate of drug-likeness (QED) is 0.797. The van der Waals surface area contributed by atoms with E-state index in [9.17, 15) is 8.42 Å². The first-order chi connectivity index (χ1) is 7.90. The van der Waals surface area contributed by atoms with Crippen molar-refractivity contribution in [1.29, 1.82) is 0 Å². The van der Waals surface area contributed by atoms with Crippen LogP contribution in [0.1, 0.15) is 12.6 Å². The fourth-order valence-corrected chi connectivity index (χ4v) is 2.85. The van der Waals surface area contributed by atoms with Gasteiger partial charge in [-0.05, 0) is 12.3 Å². The van der Waals surface area contributed by atoms with Crippen LogP contribution in [-0.2, 0) is 23.7 Å². The summed E-state index contributed by atoms with van der Waals surface area (Å²) in [5.74, 6) is 0. The second-order valence-electron chi connectivity index (χ2n) is 3.83. The minimum absolute atomic E-state index is 0.173. The molecule has 1 aromatic rings. The second-order valence-corrected chi connectivity index (χ2v) is 6.88. The van der Waals surface area contributed by atoms with Gasteiger partial charge in [-0.25, -0.2) is 13.1 Å². The Labute approximate surface area is 106 Å². The van der Waals surface area contributed by atoms with Crippen molar-refractivity contribution in [2.24, 2.45) is 7.05 Å². The molecule has 1 unspecified atom stereocenters. The zero-order chi connectivity index (χ0) is 13.1. The number of nitrogens with one attached hydrogen (secondary N) is 1. The van der Waals surface area contributed by atoms with Crippen molar-refractivity contribution >= 4 is 21.8 Å². The number of sulfonamides is 1. The summed E-state index contributed by atoms with van der Waals surface area (Å²) in [7, 11) is -1.77. The molecule has 0 saturated heterocycles. The smallest absolute Gasteiger partial charge is 0.242 e. The van der Waals surface area contributed by atoms with Gasteiger partial charge in [-0.3, -0.25) is 0 Å². The van der Waals surface area contributed by atoms with Crippen LogP contribution >= 0.6 is 11.8 Å². The molecule has 98 valence electrons. The van der Waals surface area contributed by atoms with Crippen molar-refractivity contribution in [3.8, 4) is 0 Å². The highest BCUT2D eigenvalue weighted by molar-refractivity contribution is 7.99. The van der Waals surface area contributed by atoms with Crippen LogP contribution in [0.4, 0.5) is 0 Å². The molecule has 0 amide bonds. The van der Waals surface area contributed by atoms with Crippen LogP contribution in [0.25, 0.3) is 0 Å². The second kappa shape index (κ2) is 5.90. The zero-order valence-corrected chi connectivity index (χ0v) is 11.8. The molecule has 7 heteroatoms. The van der Waals surface area contributed by atoms with Gasteiger partial charge in [-0.15, -0.1) is 0 Å². The summed E-state index contributed by atoms with van der Waals surface area (Å²) >= 11 is 1.60.